The smallest absolute Gasteiger partial charge is 0.0710 e. The van der Waals surface area contributed by atoms with E-state index in [1.54, 1.807) is 7.11 Å². The Bertz CT molecular complexity index is 236. The molecule has 2 rings (SSSR count). The predicted molar refractivity (Wildman–Crippen MR) is 69.0 cm³/mol. The first-order valence-electron chi connectivity index (χ1n) is 7.03. The molecule has 1 unspecified atom stereocenters. The van der Waals surface area contributed by atoms with Gasteiger partial charge in [0.05, 0.1) is 6.10 Å². The van der Waals surface area contributed by atoms with Gasteiger partial charge in [-0.25, -0.2) is 0 Å². The lowest BCUT2D eigenvalue weighted by molar-refractivity contribution is 0.0296. The lowest BCUT2D eigenvalue weighted by Crippen LogP contribution is -2.42. The lowest BCUT2D eigenvalue weighted by atomic mass is 9.71. The number of hydrogen-bond donors (Lipinski definition) is 1. The molecular weight excluding hydrogens is 214 g/mol. The van der Waals surface area contributed by atoms with E-state index in [0.717, 1.165) is 32.0 Å². The molecule has 2 aliphatic rings. The molecule has 3 heteroatoms. The van der Waals surface area contributed by atoms with Gasteiger partial charge in [-0.2, -0.15) is 0 Å². The number of hydrogen-bond acceptors (Lipinski definition) is 3. The number of aliphatic hydroxyl groups is 1. The third-order valence-corrected chi connectivity index (χ3v) is 4.79. The Morgan fingerprint density at radius 2 is 2.00 bits per heavy atom. The monoisotopic (exact) mass is 241 g/mol. The molecule has 1 saturated heterocycles. The summed E-state index contributed by atoms with van der Waals surface area (Å²) in [6.45, 7) is 5.94. The Kier molecular flexibility index (Phi) is 4.45. The Balaban J connectivity index is 1.87. The summed E-state index contributed by atoms with van der Waals surface area (Å²) in [4.78, 5) is 2.49. The van der Waals surface area contributed by atoms with Gasteiger partial charge in [-0.05, 0) is 25.2 Å². The Morgan fingerprint density at radius 3 is 2.53 bits per heavy atom. The molecule has 0 aromatic carbocycles. The second-order valence-corrected chi connectivity index (χ2v) is 6.22. The maximum atomic E-state index is 9.75. The van der Waals surface area contributed by atoms with Gasteiger partial charge in [0.15, 0.2) is 0 Å². The van der Waals surface area contributed by atoms with Gasteiger partial charge in [0.25, 0.3) is 0 Å². The van der Waals surface area contributed by atoms with Crippen LogP contribution in [0.1, 0.15) is 39.0 Å². The number of aliphatic hydroxyl groups excluding tert-OH is 1. The van der Waals surface area contributed by atoms with E-state index in [-0.39, 0.29) is 5.41 Å². The molecule has 2 fully saturated rings. The highest BCUT2D eigenvalue weighted by atomic mass is 16.5. The second-order valence-electron chi connectivity index (χ2n) is 6.22. The molecule has 0 aromatic heterocycles. The first-order valence-corrected chi connectivity index (χ1v) is 7.03. The Morgan fingerprint density at radius 1 is 1.29 bits per heavy atom. The normalized spacial score (nSPS) is 39.7. The molecule has 1 heterocycles. The summed E-state index contributed by atoms with van der Waals surface area (Å²) in [5, 5.41) is 9.75. The van der Waals surface area contributed by atoms with Crippen molar-refractivity contribution in [1.82, 2.24) is 4.90 Å². The van der Waals surface area contributed by atoms with E-state index >= 15 is 0 Å². The highest BCUT2D eigenvalue weighted by Crippen LogP contribution is 2.39. The lowest BCUT2D eigenvalue weighted by Gasteiger charge is -2.40. The molecule has 0 spiro atoms. The van der Waals surface area contributed by atoms with Crippen LogP contribution < -0.4 is 0 Å². The molecule has 1 atom stereocenters. The third kappa shape index (κ3) is 3.21. The first-order chi connectivity index (χ1) is 8.17. The van der Waals surface area contributed by atoms with Gasteiger partial charge in [0.2, 0.25) is 0 Å². The molecule has 1 saturated carbocycles. The summed E-state index contributed by atoms with van der Waals surface area (Å²) < 4.78 is 5.41. The zero-order valence-electron chi connectivity index (χ0n) is 11.3. The quantitative estimate of drug-likeness (QED) is 0.816. The standard InChI is InChI=1S/C14H27NO2/c1-12-3-6-14(11-16,7-4-12)10-15-8-5-13(9-15)17-2/h12-13,16H,3-11H2,1-2H3. The summed E-state index contributed by atoms with van der Waals surface area (Å²) in [6.07, 6.45) is 6.50. The van der Waals surface area contributed by atoms with Gasteiger partial charge >= 0.3 is 0 Å². The summed E-state index contributed by atoms with van der Waals surface area (Å²) >= 11 is 0. The van der Waals surface area contributed by atoms with E-state index < -0.39 is 0 Å². The molecule has 17 heavy (non-hydrogen) atoms. The van der Waals surface area contributed by atoms with Crippen LogP contribution >= 0.6 is 0 Å². The van der Waals surface area contributed by atoms with Crippen molar-refractivity contribution in [2.24, 2.45) is 11.3 Å². The van der Waals surface area contributed by atoms with E-state index in [1.165, 1.54) is 25.7 Å². The fourth-order valence-electron chi connectivity index (χ4n) is 3.35. The fraction of sp³-hybridized carbons (Fsp3) is 1.00. The highest BCUT2D eigenvalue weighted by Gasteiger charge is 2.37. The summed E-state index contributed by atoms with van der Waals surface area (Å²) in [5.74, 6) is 0.847. The zero-order valence-corrected chi connectivity index (χ0v) is 11.3. The number of ether oxygens (including phenoxy) is 1. The van der Waals surface area contributed by atoms with Crippen LogP contribution in [0.3, 0.4) is 0 Å². The molecular formula is C14H27NO2. The van der Waals surface area contributed by atoms with Crippen LogP contribution in [0.2, 0.25) is 0 Å². The van der Waals surface area contributed by atoms with Crippen LogP contribution in [-0.2, 0) is 4.74 Å². The molecule has 0 amide bonds. The molecule has 1 N–H and O–H groups in total. The Labute approximate surface area is 105 Å². The van der Waals surface area contributed by atoms with Crippen LogP contribution in [0.15, 0.2) is 0 Å². The first kappa shape index (κ1) is 13.3. The van der Waals surface area contributed by atoms with E-state index in [0.29, 0.717) is 12.7 Å². The van der Waals surface area contributed by atoms with Gasteiger partial charge in [-0.3, -0.25) is 0 Å². The van der Waals surface area contributed by atoms with E-state index in [4.69, 9.17) is 4.74 Å². The van der Waals surface area contributed by atoms with E-state index in [2.05, 4.69) is 11.8 Å². The second kappa shape index (κ2) is 5.68. The largest absolute Gasteiger partial charge is 0.396 e. The van der Waals surface area contributed by atoms with Crippen molar-refractivity contribution in [3.8, 4) is 0 Å². The van der Waals surface area contributed by atoms with Gasteiger partial charge < -0.3 is 14.7 Å². The average molecular weight is 241 g/mol. The number of rotatable bonds is 4. The van der Waals surface area contributed by atoms with Crippen LogP contribution in [0.25, 0.3) is 0 Å². The summed E-state index contributed by atoms with van der Waals surface area (Å²) in [6, 6.07) is 0. The van der Waals surface area contributed by atoms with Crippen LogP contribution in [0.5, 0.6) is 0 Å². The van der Waals surface area contributed by atoms with E-state index in [1.807, 2.05) is 0 Å². The van der Waals surface area contributed by atoms with Crippen molar-refractivity contribution in [1.29, 1.82) is 0 Å². The minimum Gasteiger partial charge on any atom is -0.396 e. The molecule has 3 nitrogen and oxygen atoms in total. The molecule has 100 valence electrons. The molecule has 1 aliphatic heterocycles. The van der Waals surface area contributed by atoms with E-state index in [9.17, 15) is 5.11 Å². The maximum absolute atomic E-state index is 9.75. The molecule has 0 radical (unpaired) electrons. The Hall–Kier alpha value is -0.120. The van der Waals surface area contributed by atoms with Crippen LogP contribution in [-0.4, -0.2) is 49.5 Å². The average Bonchev–Trinajstić information content (AvgIpc) is 2.80. The summed E-state index contributed by atoms with van der Waals surface area (Å²) in [5.41, 5.74) is 0.176. The fourth-order valence-corrected chi connectivity index (χ4v) is 3.35. The van der Waals surface area contributed by atoms with Crippen molar-refractivity contribution in [3.63, 3.8) is 0 Å². The maximum Gasteiger partial charge on any atom is 0.0710 e. The molecule has 1 aliphatic carbocycles. The van der Waals surface area contributed by atoms with Crippen LogP contribution in [0, 0.1) is 11.3 Å². The molecule has 0 aromatic rings. The zero-order chi connectivity index (χ0) is 12.3. The van der Waals surface area contributed by atoms with Gasteiger partial charge in [-0.1, -0.05) is 19.8 Å². The number of likely N-dealkylation sites (tertiary alicyclic amines) is 1. The van der Waals surface area contributed by atoms with Crippen molar-refractivity contribution in [3.05, 3.63) is 0 Å². The van der Waals surface area contributed by atoms with Crippen molar-refractivity contribution >= 4 is 0 Å². The predicted octanol–water partition coefficient (Wildman–Crippen LogP) is 1.90. The number of methoxy groups -OCH3 is 1. The SMILES string of the molecule is COC1CCN(CC2(CO)CCC(C)CC2)C1. The summed E-state index contributed by atoms with van der Waals surface area (Å²) in [7, 11) is 1.80. The minimum atomic E-state index is 0.176. The van der Waals surface area contributed by atoms with Gasteiger partial charge in [0.1, 0.15) is 0 Å². The highest BCUT2D eigenvalue weighted by molar-refractivity contribution is 4.89. The molecule has 0 bridgehead atoms. The third-order valence-electron chi connectivity index (χ3n) is 4.79. The van der Waals surface area contributed by atoms with Crippen molar-refractivity contribution in [2.75, 3.05) is 33.4 Å². The minimum absolute atomic E-state index is 0.176. The van der Waals surface area contributed by atoms with Gasteiger partial charge in [-0.15, -0.1) is 0 Å². The number of nitrogens with zero attached hydrogens (tertiary/aromatic N) is 1. The van der Waals surface area contributed by atoms with Crippen molar-refractivity contribution in [2.45, 2.75) is 45.1 Å². The van der Waals surface area contributed by atoms with Crippen LogP contribution in [0.4, 0.5) is 0 Å². The van der Waals surface area contributed by atoms with Gasteiger partial charge in [0, 0.05) is 38.8 Å². The van der Waals surface area contributed by atoms with Crippen molar-refractivity contribution < 1.29 is 9.84 Å². The topological polar surface area (TPSA) is 32.7 Å².